The maximum atomic E-state index is 15.0. The van der Waals surface area contributed by atoms with Crippen LogP contribution < -0.4 is 20.9 Å². The standard InChI is InChI=1S/C46H55N7O10.C28H35N3O7/c1-6-33-43(59)52-22-11-14-34(52)44(60)51(5)36(24-28-16-18-30(19-17-28)50(3)4)45(61)53-23-20-31(54)25-35(53)38(56)26-32(29-12-8-7-9-13-29)46(62)63-27(2)39(41(57)48-33)49-42(58)40-37(55)15-10-21-47-40;1-17(2)26-19(4)9-10-24(34)29-11-5-7-18(3)13-20(32)14-21(33)15-25-30-22(16-37-25)27(35)31-12-6-8-23(31)28(36)38-26/h7-10,12-13,15-19,21,27,32-36,39,55H,6,11,14,20,22-26H2,1-5H3,(H,48,57)(H,49,58);5,7-10,13,16-17,19-20,26,32H,6,11-12,14-15H2,1-4H3,(H,29,34)/b;7-5?,10-9+,18-13?/t27-,32+,33-,34?,35+,36+,39+;19?,20-,26?/m11/s1. The number of esters is 2. The summed E-state index contributed by atoms with van der Waals surface area (Å²) in [6.07, 6.45) is 9.34. The first-order valence-corrected chi connectivity index (χ1v) is 34.0. The number of piperidine rings is 1. The molecule has 0 saturated carbocycles. The normalized spacial score (nSPS) is 25.5. The van der Waals surface area contributed by atoms with E-state index in [1.54, 1.807) is 74.6 Å². The van der Waals surface area contributed by atoms with Crippen LogP contribution in [-0.2, 0) is 70.3 Å². The average molecular weight is 1390 g/mol. The number of likely N-dealkylation sites (N-methyl/N-ethyl adjacent to an activating group) is 1. The molecule has 27 nitrogen and oxygen atoms in total. The quantitative estimate of drug-likeness (QED) is 0.148. The van der Waals surface area contributed by atoms with Crippen molar-refractivity contribution in [1.82, 2.24) is 45.5 Å². The van der Waals surface area contributed by atoms with E-state index in [9.17, 15) is 67.7 Å². The zero-order valence-corrected chi connectivity index (χ0v) is 58.4. The Hall–Kier alpha value is -10.4. The Kier molecular flexibility index (Phi) is 26.5. The van der Waals surface area contributed by atoms with Crippen LogP contribution >= 0.6 is 0 Å². The van der Waals surface area contributed by atoms with Gasteiger partial charge in [0.2, 0.25) is 35.4 Å². The van der Waals surface area contributed by atoms with Crippen molar-refractivity contribution in [3.63, 3.8) is 0 Å². The van der Waals surface area contributed by atoms with Crippen LogP contribution in [0.5, 0.6) is 5.75 Å². The molecule has 3 unspecified atom stereocenters. The monoisotopic (exact) mass is 1390 g/mol. The number of aliphatic hydroxyl groups excluding tert-OH is 1. The van der Waals surface area contributed by atoms with Crippen molar-refractivity contribution < 1.29 is 81.6 Å². The van der Waals surface area contributed by atoms with Gasteiger partial charge in [0.1, 0.15) is 65.7 Å². The number of aromatic nitrogens is 2. The summed E-state index contributed by atoms with van der Waals surface area (Å²) in [5.74, 6) is -9.17. The summed E-state index contributed by atoms with van der Waals surface area (Å²) in [5.41, 5.74) is 2.41. The molecule has 101 heavy (non-hydrogen) atoms. The summed E-state index contributed by atoms with van der Waals surface area (Å²) in [5, 5.41) is 28.6. The number of ether oxygens (including phenoxy) is 2. The Labute approximate surface area is 586 Å². The Morgan fingerprint density at radius 1 is 0.832 bits per heavy atom. The highest BCUT2D eigenvalue weighted by Crippen LogP contribution is 2.31. The smallest absolute Gasteiger partial charge is 0.355 e. The van der Waals surface area contributed by atoms with Crippen LogP contribution in [0.3, 0.4) is 0 Å². The maximum absolute atomic E-state index is 15.0. The number of benzene rings is 2. The predicted octanol–water partition coefficient (Wildman–Crippen LogP) is 4.81. The highest BCUT2D eigenvalue weighted by atomic mass is 16.6. The van der Waals surface area contributed by atoms with Gasteiger partial charge in [-0.25, -0.2) is 14.8 Å². The Bertz CT molecular complexity index is 3860. The fraction of sp³-hybridized carbons (Fsp3) is 0.459. The molecular formula is C74H90N10O17. The number of aliphatic hydroxyl groups is 1. The highest BCUT2D eigenvalue weighted by molar-refractivity contribution is 6.03. The van der Waals surface area contributed by atoms with E-state index in [1.165, 1.54) is 58.0 Å². The predicted molar refractivity (Wildman–Crippen MR) is 368 cm³/mol. The molecule has 2 bridgehead atoms. The number of nitrogens with zero attached hydrogens (tertiary/aromatic N) is 7. The number of cyclic esters (lactones) is 2. The number of allylic oxidation sites excluding steroid dienone is 2. The van der Waals surface area contributed by atoms with Crippen LogP contribution in [0.15, 0.2) is 131 Å². The third-order valence-corrected chi connectivity index (χ3v) is 18.3. The second-order valence-electron chi connectivity index (χ2n) is 26.4. The average Bonchev–Trinajstić information content (AvgIpc) is 1.79. The van der Waals surface area contributed by atoms with Crippen LogP contribution in [0, 0.1) is 11.8 Å². The second kappa shape index (κ2) is 35.1. The first-order chi connectivity index (χ1) is 48.1. The fourth-order valence-corrected chi connectivity index (χ4v) is 12.8. The van der Waals surface area contributed by atoms with Crippen molar-refractivity contribution in [2.45, 2.75) is 160 Å². The molecule has 2 aromatic carbocycles. The molecule has 5 aliphatic heterocycles. The van der Waals surface area contributed by atoms with Crippen molar-refractivity contribution in [1.29, 1.82) is 0 Å². The number of fused-ring (bicyclic) bond motifs is 5. The lowest BCUT2D eigenvalue weighted by Gasteiger charge is -2.40. The number of ketones is 3. The number of aromatic hydroxyl groups is 1. The molecular weight excluding hydrogens is 1300 g/mol. The molecule has 27 heteroatoms. The molecule has 3 fully saturated rings. The van der Waals surface area contributed by atoms with Gasteiger partial charge in [-0.05, 0) is 86.9 Å². The molecule has 538 valence electrons. The molecule has 4 aromatic rings. The largest absolute Gasteiger partial charge is 0.505 e. The Morgan fingerprint density at radius 3 is 2.25 bits per heavy atom. The minimum absolute atomic E-state index is 0.0210. The van der Waals surface area contributed by atoms with Crippen LogP contribution in [-0.4, -0.2) is 206 Å². The van der Waals surface area contributed by atoms with Gasteiger partial charge in [-0.3, -0.25) is 52.7 Å². The molecule has 0 aliphatic carbocycles. The zero-order valence-electron chi connectivity index (χ0n) is 58.4. The summed E-state index contributed by atoms with van der Waals surface area (Å²) < 4.78 is 17.1. The van der Waals surface area contributed by atoms with Gasteiger partial charge in [-0.1, -0.05) is 106 Å². The Balaban J connectivity index is 0.000000291. The van der Waals surface area contributed by atoms with Gasteiger partial charge in [0.25, 0.3) is 11.8 Å². The van der Waals surface area contributed by atoms with E-state index in [0.29, 0.717) is 18.4 Å². The first-order valence-electron chi connectivity index (χ1n) is 34.0. The number of carbonyl (C=O) groups excluding carboxylic acids is 12. The lowest BCUT2D eigenvalue weighted by Crippen LogP contribution is -2.61. The van der Waals surface area contributed by atoms with Crippen molar-refractivity contribution in [2.24, 2.45) is 11.8 Å². The van der Waals surface area contributed by atoms with Gasteiger partial charge < -0.3 is 64.6 Å². The second-order valence-corrected chi connectivity index (χ2v) is 26.4. The lowest BCUT2D eigenvalue weighted by atomic mass is 9.87. The molecule has 5 N–H and O–H groups in total. The molecule has 7 amide bonds. The third kappa shape index (κ3) is 19.7. The molecule has 9 rings (SSSR count). The summed E-state index contributed by atoms with van der Waals surface area (Å²) in [6.45, 7) is 11.1. The van der Waals surface area contributed by atoms with Gasteiger partial charge in [0.15, 0.2) is 17.2 Å². The molecule has 5 aliphatic rings. The van der Waals surface area contributed by atoms with Gasteiger partial charge in [-0.15, -0.1) is 0 Å². The highest BCUT2D eigenvalue weighted by Gasteiger charge is 2.46. The summed E-state index contributed by atoms with van der Waals surface area (Å²) >= 11 is 0. The van der Waals surface area contributed by atoms with E-state index >= 15 is 0 Å². The summed E-state index contributed by atoms with van der Waals surface area (Å²) in [6, 6.07) is 12.1. The minimum Gasteiger partial charge on any atom is -0.505 e. The van der Waals surface area contributed by atoms with Gasteiger partial charge in [0.05, 0.1) is 24.5 Å². The number of amides is 7. The van der Waals surface area contributed by atoms with E-state index in [0.717, 1.165) is 23.1 Å². The lowest BCUT2D eigenvalue weighted by molar-refractivity contribution is -0.155. The minimum atomic E-state index is -1.65. The number of oxazole rings is 1. The maximum Gasteiger partial charge on any atom is 0.355 e. The molecule has 2 aromatic heterocycles. The number of pyridine rings is 1. The topological polar surface area (TPSA) is 355 Å². The van der Waals surface area contributed by atoms with Gasteiger partial charge in [-0.2, -0.15) is 0 Å². The molecule has 3 saturated heterocycles. The third-order valence-electron chi connectivity index (χ3n) is 18.3. The summed E-state index contributed by atoms with van der Waals surface area (Å²) in [4.78, 5) is 180. The molecule has 0 spiro atoms. The van der Waals surface area contributed by atoms with Crippen molar-refractivity contribution in [2.75, 3.05) is 52.2 Å². The number of carbonyl (C=O) groups is 12. The molecule has 10 atom stereocenters. The van der Waals surface area contributed by atoms with E-state index in [1.807, 2.05) is 64.0 Å². The number of hydrogen-bond donors (Lipinski definition) is 5. The Morgan fingerprint density at radius 2 is 1.55 bits per heavy atom. The van der Waals surface area contributed by atoms with Crippen LogP contribution in [0.25, 0.3) is 0 Å². The van der Waals surface area contributed by atoms with Crippen LogP contribution in [0.2, 0.25) is 0 Å². The molecule has 0 radical (unpaired) electrons. The number of Topliss-reactive ketones (excluding diaryl/α,β-unsaturated/α-hetero) is 3. The number of hydrogen-bond acceptors (Lipinski definition) is 20. The van der Waals surface area contributed by atoms with E-state index in [-0.39, 0.29) is 118 Å². The number of nitrogens with one attached hydrogen (secondary N) is 3. The van der Waals surface area contributed by atoms with Crippen LogP contribution in [0.1, 0.15) is 137 Å². The van der Waals surface area contributed by atoms with Gasteiger partial charge >= 0.3 is 11.9 Å². The number of anilines is 1. The molecule has 7 heterocycles. The van der Waals surface area contributed by atoms with Crippen molar-refractivity contribution >= 4 is 76.3 Å². The number of rotatable bonds is 8. The van der Waals surface area contributed by atoms with E-state index in [2.05, 4.69) is 25.9 Å². The fourth-order valence-electron chi connectivity index (χ4n) is 12.8. The van der Waals surface area contributed by atoms with E-state index < -0.39 is 125 Å². The SMILES string of the molecule is CC1=C[C@@H](O)CC(=O)Cc2nc(co2)C(=O)N2CCC=C2C(=O)OC(C(C)C)C(C)/C=C/C(=O)NCC=C1.CC[C@H]1NC(=O)[C@@H](NC(=O)c2ncccc2O)[C@@H](C)OC(=O)[C@H](c2ccccc2)CC(=O)[C@@H]2CC(=O)CCN2C(=O)[C@H](Cc2ccc(N(C)C)cc2)N(C)C(=O)C2CCCN2C1=O. The van der Waals surface area contributed by atoms with Crippen molar-refractivity contribution in [3.8, 4) is 5.75 Å². The zero-order chi connectivity index (χ0) is 73.4. The van der Waals surface area contributed by atoms with Crippen LogP contribution in [0.4, 0.5) is 5.69 Å². The van der Waals surface area contributed by atoms with Crippen molar-refractivity contribution in [3.05, 3.63) is 155 Å². The van der Waals surface area contributed by atoms with E-state index in [4.69, 9.17) is 13.9 Å². The summed E-state index contributed by atoms with van der Waals surface area (Å²) in [7, 11) is 5.28. The van der Waals surface area contributed by atoms with Gasteiger partial charge in [0, 0.05) is 97.2 Å². The first kappa shape index (κ1) is 76.3.